The summed E-state index contributed by atoms with van der Waals surface area (Å²) in [7, 11) is 3.56. The molecule has 136 valence electrons. The highest BCUT2D eigenvalue weighted by molar-refractivity contribution is 5.55. The molecule has 0 aliphatic carbocycles. The van der Waals surface area contributed by atoms with Gasteiger partial charge in [-0.1, -0.05) is 0 Å². The summed E-state index contributed by atoms with van der Waals surface area (Å²) in [6, 6.07) is 7.72. The number of rotatable bonds is 8. The van der Waals surface area contributed by atoms with E-state index in [4.69, 9.17) is 9.47 Å². The summed E-state index contributed by atoms with van der Waals surface area (Å²) in [6.07, 6.45) is 3.62. The van der Waals surface area contributed by atoms with Crippen LogP contribution in [-0.2, 0) is 13.6 Å². The number of aromatic nitrogens is 5. The average molecular weight is 355 g/mol. The second-order valence-corrected chi connectivity index (χ2v) is 5.36. The quantitative estimate of drug-likeness (QED) is 0.635. The number of benzene rings is 1. The van der Waals surface area contributed by atoms with E-state index in [1.807, 2.05) is 49.0 Å². The number of nitrogens with one attached hydrogen (secondary N) is 2. The van der Waals surface area contributed by atoms with Crippen LogP contribution >= 0.6 is 0 Å². The van der Waals surface area contributed by atoms with Crippen molar-refractivity contribution in [3.63, 3.8) is 0 Å². The summed E-state index contributed by atoms with van der Waals surface area (Å²) in [5.74, 6) is 2.44. The smallest absolute Gasteiger partial charge is 0.323 e. The van der Waals surface area contributed by atoms with Crippen molar-refractivity contribution in [1.29, 1.82) is 0 Å². The molecule has 1 aromatic carbocycles. The number of hydrogen-bond donors (Lipinski definition) is 2. The number of hydrogen-bond acceptors (Lipinski definition) is 8. The van der Waals surface area contributed by atoms with Crippen LogP contribution in [0, 0.1) is 0 Å². The van der Waals surface area contributed by atoms with Gasteiger partial charge in [-0.15, -0.1) is 0 Å². The lowest BCUT2D eigenvalue weighted by molar-refractivity contribution is 0.312. The third kappa shape index (κ3) is 4.38. The van der Waals surface area contributed by atoms with Crippen LogP contribution < -0.4 is 20.1 Å². The van der Waals surface area contributed by atoms with Crippen LogP contribution in [0.15, 0.2) is 36.7 Å². The van der Waals surface area contributed by atoms with Gasteiger partial charge in [-0.05, 0) is 31.2 Å². The highest BCUT2D eigenvalue weighted by Crippen LogP contribution is 2.20. The van der Waals surface area contributed by atoms with Crippen molar-refractivity contribution >= 4 is 17.6 Å². The number of ether oxygens (including phenoxy) is 2. The van der Waals surface area contributed by atoms with Gasteiger partial charge in [-0.25, -0.2) is 4.98 Å². The highest BCUT2D eigenvalue weighted by Gasteiger charge is 2.09. The van der Waals surface area contributed by atoms with E-state index in [1.54, 1.807) is 13.3 Å². The fourth-order valence-corrected chi connectivity index (χ4v) is 2.21. The monoisotopic (exact) mass is 355 g/mol. The van der Waals surface area contributed by atoms with Crippen LogP contribution in [0.3, 0.4) is 0 Å². The molecule has 26 heavy (non-hydrogen) atoms. The van der Waals surface area contributed by atoms with Gasteiger partial charge in [0, 0.05) is 25.1 Å². The van der Waals surface area contributed by atoms with E-state index < -0.39 is 0 Å². The molecule has 0 aliphatic heterocycles. The maximum Gasteiger partial charge on any atom is 0.323 e. The van der Waals surface area contributed by atoms with Crippen molar-refractivity contribution in [3.8, 4) is 11.8 Å². The molecular formula is C17H21N7O2. The topological polar surface area (TPSA) is 99.0 Å². The Kier molecular flexibility index (Phi) is 5.47. The van der Waals surface area contributed by atoms with E-state index in [1.165, 1.54) is 0 Å². The first-order valence-electron chi connectivity index (χ1n) is 8.18. The molecule has 2 N–H and O–H groups in total. The molecule has 0 aliphatic rings. The minimum Gasteiger partial charge on any atom is -0.497 e. The predicted molar refractivity (Wildman–Crippen MR) is 97.8 cm³/mol. The molecule has 0 saturated carbocycles. The fraction of sp³-hybridized carbons (Fsp3) is 0.294. The minimum atomic E-state index is 0.251. The van der Waals surface area contributed by atoms with Crippen molar-refractivity contribution in [2.75, 3.05) is 24.4 Å². The van der Waals surface area contributed by atoms with Gasteiger partial charge in [0.05, 0.1) is 20.3 Å². The Morgan fingerprint density at radius 2 is 1.85 bits per heavy atom. The summed E-state index contributed by atoms with van der Waals surface area (Å²) in [5.41, 5.74) is 0.828. The molecule has 9 nitrogen and oxygen atoms in total. The number of anilines is 3. The van der Waals surface area contributed by atoms with Gasteiger partial charge in [-0.3, -0.25) is 0 Å². The molecule has 0 spiro atoms. The molecule has 0 radical (unpaired) electrons. The Hall–Kier alpha value is -3.36. The van der Waals surface area contributed by atoms with Gasteiger partial charge in [0.1, 0.15) is 11.6 Å². The largest absolute Gasteiger partial charge is 0.497 e. The van der Waals surface area contributed by atoms with Crippen LogP contribution in [0.2, 0.25) is 0 Å². The number of imidazole rings is 1. The van der Waals surface area contributed by atoms with Crippen molar-refractivity contribution < 1.29 is 9.47 Å². The summed E-state index contributed by atoms with van der Waals surface area (Å²) in [6.45, 7) is 2.83. The Balaban J connectivity index is 1.77. The van der Waals surface area contributed by atoms with E-state index in [-0.39, 0.29) is 6.01 Å². The zero-order valence-corrected chi connectivity index (χ0v) is 14.9. The fourth-order valence-electron chi connectivity index (χ4n) is 2.21. The van der Waals surface area contributed by atoms with E-state index in [0.717, 1.165) is 17.3 Å². The second kappa shape index (κ2) is 8.15. The molecule has 3 aromatic rings. The van der Waals surface area contributed by atoms with Crippen LogP contribution in [-0.4, -0.2) is 38.2 Å². The number of nitrogens with zero attached hydrogens (tertiary/aromatic N) is 5. The Bertz CT molecular complexity index is 849. The standard InChI is InChI=1S/C17H21N7O2/c1-4-26-17-22-15(19-11-14-18-9-10-24(14)2)21-16(23-17)20-12-5-7-13(25-3)8-6-12/h5-10H,4,11H2,1-3H3,(H2,19,20,21,22,23). The lowest BCUT2D eigenvalue weighted by atomic mass is 10.3. The van der Waals surface area contributed by atoms with Crippen LogP contribution in [0.25, 0.3) is 0 Å². The molecule has 0 unspecified atom stereocenters. The van der Waals surface area contributed by atoms with E-state index in [2.05, 4.69) is 30.6 Å². The van der Waals surface area contributed by atoms with Gasteiger partial charge in [0.2, 0.25) is 11.9 Å². The van der Waals surface area contributed by atoms with Crippen molar-refractivity contribution in [1.82, 2.24) is 24.5 Å². The zero-order valence-electron chi connectivity index (χ0n) is 14.9. The molecule has 0 bridgehead atoms. The maximum atomic E-state index is 5.44. The van der Waals surface area contributed by atoms with E-state index in [9.17, 15) is 0 Å². The van der Waals surface area contributed by atoms with Gasteiger partial charge in [0.25, 0.3) is 0 Å². The van der Waals surface area contributed by atoms with Crippen LogP contribution in [0.5, 0.6) is 11.8 Å². The van der Waals surface area contributed by atoms with Gasteiger partial charge in [0.15, 0.2) is 0 Å². The predicted octanol–water partition coefficient (Wildman–Crippen LogP) is 2.37. The lowest BCUT2D eigenvalue weighted by Crippen LogP contribution is -2.11. The van der Waals surface area contributed by atoms with E-state index >= 15 is 0 Å². The third-order valence-electron chi connectivity index (χ3n) is 3.56. The zero-order chi connectivity index (χ0) is 18.4. The summed E-state index contributed by atoms with van der Waals surface area (Å²) in [4.78, 5) is 17.2. The Labute approximate surface area is 151 Å². The highest BCUT2D eigenvalue weighted by atomic mass is 16.5. The first-order valence-corrected chi connectivity index (χ1v) is 8.18. The first-order chi connectivity index (χ1) is 12.7. The van der Waals surface area contributed by atoms with Crippen LogP contribution in [0.4, 0.5) is 17.6 Å². The molecular weight excluding hydrogens is 334 g/mol. The van der Waals surface area contributed by atoms with E-state index in [0.29, 0.717) is 25.0 Å². The summed E-state index contributed by atoms with van der Waals surface area (Å²) in [5, 5.41) is 6.29. The maximum absolute atomic E-state index is 5.44. The lowest BCUT2D eigenvalue weighted by Gasteiger charge is -2.10. The number of methoxy groups -OCH3 is 1. The first kappa shape index (κ1) is 17.5. The summed E-state index contributed by atoms with van der Waals surface area (Å²) >= 11 is 0. The normalized spacial score (nSPS) is 10.4. The minimum absolute atomic E-state index is 0.251. The van der Waals surface area contributed by atoms with Crippen LogP contribution in [0.1, 0.15) is 12.7 Å². The second-order valence-electron chi connectivity index (χ2n) is 5.36. The van der Waals surface area contributed by atoms with Crippen molar-refractivity contribution in [3.05, 3.63) is 42.5 Å². The van der Waals surface area contributed by atoms with Gasteiger partial charge >= 0.3 is 6.01 Å². The Morgan fingerprint density at radius 1 is 1.08 bits per heavy atom. The molecule has 2 heterocycles. The van der Waals surface area contributed by atoms with Gasteiger partial charge < -0.3 is 24.7 Å². The molecule has 0 fully saturated rings. The van der Waals surface area contributed by atoms with Crippen molar-refractivity contribution in [2.45, 2.75) is 13.5 Å². The molecule has 2 aromatic heterocycles. The molecule has 0 atom stereocenters. The molecule has 0 saturated heterocycles. The van der Waals surface area contributed by atoms with Gasteiger partial charge in [-0.2, -0.15) is 15.0 Å². The third-order valence-corrected chi connectivity index (χ3v) is 3.56. The average Bonchev–Trinajstić information content (AvgIpc) is 3.06. The summed E-state index contributed by atoms with van der Waals surface area (Å²) < 4.78 is 12.5. The number of aryl methyl sites for hydroxylation is 1. The van der Waals surface area contributed by atoms with Crippen molar-refractivity contribution in [2.24, 2.45) is 7.05 Å². The molecule has 9 heteroatoms. The molecule has 3 rings (SSSR count). The molecule has 0 amide bonds. The Morgan fingerprint density at radius 3 is 2.50 bits per heavy atom. The SMILES string of the molecule is CCOc1nc(NCc2nccn2C)nc(Nc2ccc(OC)cc2)n1.